The molecule has 3 heteroatoms. The topological polar surface area (TPSA) is 21.3 Å². The quantitative estimate of drug-likeness (QED) is 0.827. The van der Waals surface area contributed by atoms with Crippen LogP contribution in [0.2, 0.25) is 0 Å². The number of benzene rings is 2. The number of rotatable bonds is 6. The van der Waals surface area contributed by atoms with Gasteiger partial charge >= 0.3 is 0 Å². The van der Waals surface area contributed by atoms with Crippen LogP contribution in [0.4, 0.5) is 0 Å². The Morgan fingerprint density at radius 1 is 1.15 bits per heavy atom. The van der Waals surface area contributed by atoms with Gasteiger partial charge in [0.15, 0.2) is 0 Å². The highest BCUT2D eigenvalue weighted by molar-refractivity contribution is 9.10. The van der Waals surface area contributed by atoms with E-state index in [9.17, 15) is 0 Å². The van der Waals surface area contributed by atoms with Crippen LogP contribution in [0.25, 0.3) is 0 Å². The zero-order chi connectivity index (χ0) is 14.4. The van der Waals surface area contributed by atoms with Crippen LogP contribution in [0.15, 0.2) is 53.0 Å². The Kier molecular flexibility index (Phi) is 5.62. The van der Waals surface area contributed by atoms with Crippen LogP contribution >= 0.6 is 15.9 Å². The molecule has 2 aromatic rings. The van der Waals surface area contributed by atoms with Gasteiger partial charge in [-0.15, -0.1) is 0 Å². The smallest absolute Gasteiger partial charge is 0.119 e. The first-order chi connectivity index (χ1) is 9.70. The molecule has 0 aromatic heterocycles. The SMILES string of the molecule is CCOc1cccc(CNC(C)c2ccccc2Br)c1. The monoisotopic (exact) mass is 333 g/mol. The van der Waals surface area contributed by atoms with Gasteiger partial charge < -0.3 is 10.1 Å². The second kappa shape index (κ2) is 7.46. The van der Waals surface area contributed by atoms with Gasteiger partial charge in [-0.1, -0.05) is 46.3 Å². The highest BCUT2D eigenvalue weighted by Crippen LogP contribution is 2.23. The maximum absolute atomic E-state index is 5.52. The Balaban J connectivity index is 1.98. The van der Waals surface area contributed by atoms with Crippen molar-refractivity contribution in [2.75, 3.05) is 6.61 Å². The first kappa shape index (κ1) is 15.1. The van der Waals surface area contributed by atoms with Crippen LogP contribution in [-0.2, 0) is 6.54 Å². The Hall–Kier alpha value is -1.32. The molecule has 0 fully saturated rings. The fourth-order valence-electron chi connectivity index (χ4n) is 2.12. The van der Waals surface area contributed by atoms with Crippen LogP contribution in [0.1, 0.15) is 31.0 Å². The van der Waals surface area contributed by atoms with Crippen LogP contribution in [-0.4, -0.2) is 6.61 Å². The summed E-state index contributed by atoms with van der Waals surface area (Å²) in [6, 6.07) is 16.8. The van der Waals surface area contributed by atoms with Gasteiger partial charge in [-0.05, 0) is 43.2 Å². The molecule has 106 valence electrons. The minimum absolute atomic E-state index is 0.293. The van der Waals surface area contributed by atoms with Gasteiger partial charge in [0.05, 0.1) is 6.61 Å². The largest absolute Gasteiger partial charge is 0.494 e. The van der Waals surface area contributed by atoms with Gasteiger partial charge in [0.1, 0.15) is 5.75 Å². The summed E-state index contributed by atoms with van der Waals surface area (Å²) in [6.45, 7) is 5.69. The number of hydrogen-bond acceptors (Lipinski definition) is 2. The molecule has 20 heavy (non-hydrogen) atoms. The Bertz CT molecular complexity index is 556. The van der Waals surface area contributed by atoms with Crippen LogP contribution in [0, 0.1) is 0 Å². The minimum atomic E-state index is 0.293. The van der Waals surface area contributed by atoms with E-state index in [4.69, 9.17) is 4.74 Å². The molecule has 0 aliphatic rings. The molecule has 0 heterocycles. The van der Waals surface area contributed by atoms with Crippen LogP contribution in [0.3, 0.4) is 0 Å². The standard InChI is InChI=1S/C17H20BrNO/c1-3-20-15-8-6-7-14(11-15)12-19-13(2)16-9-4-5-10-17(16)18/h4-11,13,19H,3,12H2,1-2H3. The maximum Gasteiger partial charge on any atom is 0.119 e. The molecule has 0 amide bonds. The minimum Gasteiger partial charge on any atom is -0.494 e. The van der Waals surface area contributed by atoms with Crippen LogP contribution < -0.4 is 10.1 Å². The maximum atomic E-state index is 5.52. The molecule has 0 spiro atoms. The zero-order valence-corrected chi connectivity index (χ0v) is 13.5. The molecule has 1 N–H and O–H groups in total. The third-order valence-electron chi connectivity index (χ3n) is 3.19. The Labute approximate surface area is 129 Å². The van der Waals surface area contributed by atoms with Gasteiger partial charge in [-0.2, -0.15) is 0 Å². The Morgan fingerprint density at radius 2 is 1.95 bits per heavy atom. The average molecular weight is 334 g/mol. The zero-order valence-electron chi connectivity index (χ0n) is 11.9. The molecule has 1 atom stereocenters. The lowest BCUT2D eigenvalue weighted by molar-refractivity contribution is 0.339. The molecule has 2 aromatic carbocycles. The van der Waals surface area contributed by atoms with Crippen molar-refractivity contribution in [1.29, 1.82) is 0 Å². The summed E-state index contributed by atoms with van der Waals surface area (Å²) in [7, 11) is 0. The lowest BCUT2D eigenvalue weighted by atomic mass is 10.1. The fourth-order valence-corrected chi connectivity index (χ4v) is 2.75. The third kappa shape index (κ3) is 4.09. The van der Waals surface area contributed by atoms with Crippen molar-refractivity contribution in [3.8, 4) is 5.75 Å². The number of hydrogen-bond donors (Lipinski definition) is 1. The predicted octanol–water partition coefficient (Wildman–Crippen LogP) is 4.70. The third-order valence-corrected chi connectivity index (χ3v) is 3.92. The van der Waals surface area contributed by atoms with E-state index in [-0.39, 0.29) is 0 Å². The van der Waals surface area contributed by atoms with E-state index in [1.54, 1.807) is 0 Å². The number of halogens is 1. The molecule has 0 bridgehead atoms. The van der Waals surface area contributed by atoms with E-state index in [0.29, 0.717) is 12.6 Å². The molecule has 2 rings (SSSR count). The summed E-state index contributed by atoms with van der Waals surface area (Å²) in [6.07, 6.45) is 0. The van der Waals surface area contributed by atoms with Crippen LogP contribution in [0.5, 0.6) is 5.75 Å². The summed E-state index contributed by atoms with van der Waals surface area (Å²) in [5.74, 6) is 0.931. The molecule has 0 saturated carbocycles. The van der Waals surface area contributed by atoms with Crippen molar-refractivity contribution < 1.29 is 4.74 Å². The number of ether oxygens (including phenoxy) is 1. The predicted molar refractivity (Wildman–Crippen MR) is 87.0 cm³/mol. The van der Waals surface area contributed by atoms with Crippen molar-refractivity contribution in [1.82, 2.24) is 5.32 Å². The molecule has 0 aliphatic carbocycles. The van der Waals surface area contributed by atoms with E-state index in [0.717, 1.165) is 16.8 Å². The van der Waals surface area contributed by atoms with E-state index < -0.39 is 0 Å². The highest BCUT2D eigenvalue weighted by Gasteiger charge is 2.08. The van der Waals surface area contributed by atoms with Crippen molar-refractivity contribution in [2.45, 2.75) is 26.4 Å². The highest BCUT2D eigenvalue weighted by atomic mass is 79.9. The molecule has 0 saturated heterocycles. The van der Waals surface area contributed by atoms with E-state index in [2.05, 4.69) is 58.5 Å². The summed E-state index contributed by atoms with van der Waals surface area (Å²) in [4.78, 5) is 0. The fraction of sp³-hybridized carbons (Fsp3) is 0.294. The van der Waals surface area contributed by atoms with E-state index >= 15 is 0 Å². The lowest BCUT2D eigenvalue weighted by Gasteiger charge is -2.16. The number of nitrogens with one attached hydrogen (secondary N) is 1. The summed E-state index contributed by atoms with van der Waals surface area (Å²) < 4.78 is 6.66. The first-order valence-electron chi connectivity index (χ1n) is 6.90. The van der Waals surface area contributed by atoms with Crippen molar-refractivity contribution in [3.05, 3.63) is 64.1 Å². The summed E-state index contributed by atoms with van der Waals surface area (Å²) >= 11 is 3.60. The first-order valence-corrected chi connectivity index (χ1v) is 7.69. The van der Waals surface area contributed by atoms with Crippen molar-refractivity contribution in [2.24, 2.45) is 0 Å². The molecule has 0 radical (unpaired) electrons. The van der Waals surface area contributed by atoms with Gasteiger partial charge in [-0.25, -0.2) is 0 Å². The van der Waals surface area contributed by atoms with Gasteiger partial charge in [0.2, 0.25) is 0 Å². The van der Waals surface area contributed by atoms with Crippen molar-refractivity contribution in [3.63, 3.8) is 0 Å². The molecular weight excluding hydrogens is 314 g/mol. The average Bonchev–Trinajstić information content (AvgIpc) is 2.46. The van der Waals surface area contributed by atoms with Crippen molar-refractivity contribution >= 4 is 15.9 Å². The second-order valence-corrected chi connectivity index (χ2v) is 5.56. The van der Waals surface area contributed by atoms with Gasteiger partial charge in [0.25, 0.3) is 0 Å². The molecule has 2 nitrogen and oxygen atoms in total. The normalized spacial score (nSPS) is 12.2. The summed E-state index contributed by atoms with van der Waals surface area (Å²) in [5.41, 5.74) is 2.50. The Morgan fingerprint density at radius 3 is 2.70 bits per heavy atom. The second-order valence-electron chi connectivity index (χ2n) is 4.70. The van der Waals surface area contributed by atoms with Gasteiger partial charge in [-0.3, -0.25) is 0 Å². The van der Waals surface area contributed by atoms with E-state index in [1.807, 2.05) is 25.1 Å². The molecular formula is C17H20BrNO. The summed E-state index contributed by atoms with van der Waals surface area (Å²) in [5, 5.41) is 3.54. The lowest BCUT2D eigenvalue weighted by Crippen LogP contribution is -2.18. The molecule has 1 unspecified atom stereocenters. The molecule has 0 aliphatic heterocycles. The van der Waals surface area contributed by atoms with Gasteiger partial charge in [0, 0.05) is 17.1 Å². The van der Waals surface area contributed by atoms with E-state index in [1.165, 1.54) is 11.1 Å².